The Morgan fingerprint density at radius 1 is 0.950 bits per heavy atom. The molecule has 0 aromatic heterocycles. The maximum atomic E-state index is 14.1. The number of hydrogen-bond donors (Lipinski definition) is 1. The average molecular weight is 591 g/mol. The van der Waals surface area contributed by atoms with Gasteiger partial charge in [-0.25, -0.2) is 13.2 Å². The first kappa shape index (κ1) is 30.9. The summed E-state index contributed by atoms with van der Waals surface area (Å²) in [5, 5.41) is 3.00. The van der Waals surface area contributed by atoms with Crippen LogP contribution < -0.4 is 23.8 Å². The Labute approximate surface area is 241 Å². The number of carbonyl (C=O) groups is 1. The van der Waals surface area contributed by atoms with Crippen LogP contribution in [0.2, 0.25) is 5.02 Å². The second-order valence-corrected chi connectivity index (χ2v) is 12.0. The summed E-state index contributed by atoms with van der Waals surface area (Å²) >= 11 is 6.31. The Balaban J connectivity index is 2.02. The summed E-state index contributed by atoms with van der Waals surface area (Å²) in [6.07, 6.45) is -0.546. The van der Waals surface area contributed by atoms with Gasteiger partial charge in [-0.15, -0.1) is 0 Å². The van der Waals surface area contributed by atoms with E-state index in [-0.39, 0.29) is 34.4 Å². The van der Waals surface area contributed by atoms with Crippen LogP contribution in [0, 0.1) is 0 Å². The van der Waals surface area contributed by atoms with E-state index in [0.29, 0.717) is 23.7 Å². The van der Waals surface area contributed by atoms with Crippen LogP contribution in [0.25, 0.3) is 0 Å². The second kappa shape index (κ2) is 13.1. The Hall–Kier alpha value is -3.63. The number of nitrogens with one attached hydrogen (secondary N) is 1. The molecule has 0 spiro atoms. The van der Waals surface area contributed by atoms with Crippen molar-refractivity contribution in [3.63, 3.8) is 0 Å². The predicted molar refractivity (Wildman–Crippen MR) is 155 cm³/mol. The van der Waals surface area contributed by atoms with E-state index in [1.165, 1.54) is 42.8 Å². The van der Waals surface area contributed by atoms with Gasteiger partial charge in [-0.1, -0.05) is 35.9 Å². The van der Waals surface area contributed by atoms with Gasteiger partial charge in [0.25, 0.3) is 10.0 Å². The number of amides is 1. The number of methoxy groups -OCH3 is 2. The molecule has 0 fully saturated rings. The molecule has 3 aromatic carbocycles. The van der Waals surface area contributed by atoms with Crippen molar-refractivity contribution in [2.24, 2.45) is 0 Å². The molecule has 0 saturated heterocycles. The minimum atomic E-state index is -4.10. The molecular formula is C29H35ClN2O7S. The molecule has 1 N–H and O–H groups in total. The molecule has 0 aliphatic rings. The standard InChI is InChI=1S/C29H35ClN2O7S/c1-7-38-22-11-13-23(14-12-22)40(34,35)32(25-17-26(36-5)24(30)16-27(25)37-6)19-21-10-8-9-20(15-21)18-31-28(33)39-29(2,3)4/h8-17H,7,18-19H2,1-6H3,(H,31,33). The summed E-state index contributed by atoms with van der Waals surface area (Å²) in [6, 6.07) is 16.5. The van der Waals surface area contributed by atoms with Crippen LogP contribution in [0.4, 0.5) is 10.5 Å². The summed E-state index contributed by atoms with van der Waals surface area (Å²) in [6.45, 7) is 7.82. The molecule has 0 atom stereocenters. The number of alkyl carbamates (subject to hydrolysis) is 1. The number of halogens is 1. The average Bonchev–Trinajstić information content (AvgIpc) is 2.90. The fourth-order valence-corrected chi connectivity index (χ4v) is 5.52. The van der Waals surface area contributed by atoms with E-state index >= 15 is 0 Å². The Bertz CT molecular complexity index is 1420. The smallest absolute Gasteiger partial charge is 0.407 e. The summed E-state index contributed by atoms with van der Waals surface area (Å²) in [4.78, 5) is 12.2. The van der Waals surface area contributed by atoms with E-state index in [1.54, 1.807) is 45.0 Å². The fourth-order valence-electron chi connectivity index (χ4n) is 3.83. The first-order chi connectivity index (χ1) is 18.9. The van der Waals surface area contributed by atoms with Crippen LogP contribution >= 0.6 is 11.6 Å². The zero-order valence-corrected chi connectivity index (χ0v) is 25.1. The van der Waals surface area contributed by atoms with Crippen LogP contribution in [-0.2, 0) is 27.8 Å². The summed E-state index contributed by atoms with van der Waals surface area (Å²) in [7, 11) is -1.22. The SMILES string of the molecule is CCOc1ccc(S(=O)(=O)N(Cc2cccc(CNC(=O)OC(C)(C)C)c2)c2cc(OC)c(Cl)cc2OC)cc1. The molecule has 11 heteroatoms. The Kier molecular flexibility index (Phi) is 10.2. The van der Waals surface area contributed by atoms with Crippen LogP contribution in [0.5, 0.6) is 17.2 Å². The number of ether oxygens (including phenoxy) is 4. The first-order valence-corrected chi connectivity index (χ1v) is 14.4. The fraction of sp³-hybridized carbons (Fsp3) is 0.345. The lowest BCUT2D eigenvalue weighted by atomic mass is 10.1. The number of benzene rings is 3. The van der Waals surface area contributed by atoms with E-state index in [4.69, 9.17) is 30.5 Å². The molecule has 9 nitrogen and oxygen atoms in total. The van der Waals surface area contributed by atoms with Gasteiger partial charge in [0.1, 0.15) is 22.8 Å². The van der Waals surface area contributed by atoms with Crippen molar-refractivity contribution < 1.29 is 32.2 Å². The van der Waals surface area contributed by atoms with Gasteiger partial charge in [-0.05, 0) is 63.1 Å². The number of nitrogens with zero attached hydrogens (tertiary/aromatic N) is 1. The number of hydrogen-bond acceptors (Lipinski definition) is 7. The maximum Gasteiger partial charge on any atom is 0.407 e. The van der Waals surface area contributed by atoms with Gasteiger partial charge in [-0.2, -0.15) is 0 Å². The van der Waals surface area contributed by atoms with Gasteiger partial charge < -0.3 is 24.3 Å². The van der Waals surface area contributed by atoms with Crippen molar-refractivity contribution in [1.29, 1.82) is 0 Å². The molecule has 216 valence electrons. The largest absolute Gasteiger partial charge is 0.495 e. The lowest BCUT2D eigenvalue weighted by Crippen LogP contribution is -2.32. The maximum absolute atomic E-state index is 14.1. The van der Waals surface area contributed by atoms with Crippen LogP contribution in [0.1, 0.15) is 38.8 Å². The molecule has 3 rings (SSSR count). The number of anilines is 1. The van der Waals surface area contributed by atoms with Crippen LogP contribution in [-0.4, -0.2) is 40.9 Å². The molecule has 0 unspecified atom stereocenters. The molecule has 1 amide bonds. The highest BCUT2D eigenvalue weighted by Crippen LogP contribution is 2.41. The minimum absolute atomic E-state index is 0.0447. The van der Waals surface area contributed by atoms with E-state index in [2.05, 4.69) is 5.32 Å². The third kappa shape index (κ3) is 7.95. The van der Waals surface area contributed by atoms with Gasteiger partial charge in [0.15, 0.2) is 0 Å². The Morgan fingerprint density at radius 3 is 2.20 bits per heavy atom. The van der Waals surface area contributed by atoms with E-state index in [0.717, 1.165) is 5.56 Å². The lowest BCUT2D eigenvalue weighted by Gasteiger charge is -2.27. The number of sulfonamides is 1. The topological polar surface area (TPSA) is 103 Å². The van der Waals surface area contributed by atoms with Crippen molar-refractivity contribution in [3.05, 3.63) is 76.8 Å². The van der Waals surface area contributed by atoms with Gasteiger partial charge in [0, 0.05) is 18.7 Å². The van der Waals surface area contributed by atoms with E-state index in [1.807, 2.05) is 19.1 Å². The first-order valence-electron chi connectivity index (χ1n) is 12.6. The molecule has 0 bridgehead atoms. The van der Waals surface area contributed by atoms with Crippen LogP contribution in [0.3, 0.4) is 0 Å². The van der Waals surface area contributed by atoms with E-state index < -0.39 is 21.7 Å². The van der Waals surface area contributed by atoms with Crippen molar-refractivity contribution in [1.82, 2.24) is 5.32 Å². The van der Waals surface area contributed by atoms with Gasteiger partial charge in [0.2, 0.25) is 0 Å². The number of rotatable bonds is 11. The highest BCUT2D eigenvalue weighted by atomic mass is 35.5. The molecule has 0 heterocycles. The quantitative estimate of drug-likeness (QED) is 0.284. The highest BCUT2D eigenvalue weighted by molar-refractivity contribution is 7.92. The third-order valence-corrected chi connectivity index (χ3v) is 7.67. The van der Waals surface area contributed by atoms with E-state index in [9.17, 15) is 13.2 Å². The molecule has 0 aliphatic carbocycles. The minimum Gasteiger partial charge on any atom is -0.495 e. The third-order valence-electron chi connectivity index (χ3n) is 5.60. The zero-order valence-electron chi connectivity index (χ0n) is 23.5. The normalized spacial score (nSPS) is 11.5. The van der Waals surface area contributed by atoms with Crippen LogP contribution in [0.15, 0.2) is 65.6 Å². The monoisotopic (exact) mass is 590 g/mol. The molecule has 0 radical (unpaired) electrons. The zero-order chi connectivity index (χ0) is 29.5. The van der Waals surface area contributed by atoms with Crippen molar-refractivity contribution in [3.8, 4) is 17.2 Å². The molecule has 0 saturated carbocycles. The molecular weight excluding hydrogens is 556 g/mol. The van der Waals surface area contributed by atoms with Crippen molar-refractivity contribution in [2.45, 2.75) is 51.3 Å². The predicted octanol–water partition coefficient (Wildman–Crippen LogP) is 6.18. The summed E-state index contributed by atoms with van der Waals surface area (Å²) in [5.41, 5.74) is 1.06. The van der Waals surface area contributed by atoms with Gasteiger partial charge in [0.05, 0.1) is 43.0 Å². The Morgan fingerprint density at radius 2 is 1.60 bits per heavy atom. The molecule has 0 aliphatic heterocycles. The van der Waals surface area contributed by atoms with Crippen molar-refractivity contribution in [2.75, 3.05) is 25.1 Å². The summed E-state index contributed by atoms with van der Waals surface area (Å²) < 4.78 is 51.1. The summed E-state index contributed by atoms with van der Waals surface area (Å²) in [5.74, 6) is 1.10. The molecule has 3 aromatic rings. The number of carbonyl (C=O) groups excluding carboxylic acids is 1. The molecule has 40 heavy (non-hydrogen) atoms. The highest BCUT2D eigenvalue weighted by Gasteiger charge is 2.29. The van der Waals surface area contributed by atoms with Gasteiger partial charge in [-0.3, -0.25) is 4.31 Å². The van der Waals surface area contributed by atoms with Crippen molar-refractivity contribution >= 4 is 33.4 Å². The second-order valence-electron chi connectivity index (χ2n) is 9.75. The van der Waals surface area contributed by atoms with Gasteiger partial charge >= 0.3 is 6.09 Å². The lowest BCUT2D eigenvalue weighted by molar-refractivity contribution is 0.0523.